The van der Waals surface area contributed by atoms with Crippen LogP contribution in [0.2, 0.25) is 0 Å². The molecular formula is C15H24N2O2. The molecule has 0 radical (unpaired) electrons. The van der Waals surface area contributed by atoms with E-state index in [0.717, 1.165) is 11.3 Å². The van der Waals surface area contributed by atoms with Gasteiger partial charge in [0.05, 0.1) is 12.6 Å². The zero-order chi connectivity index (χ0) is 14.5. The lowest BCUT2D eigenvalue weighted by Crippen LogP contribution is -2.49. The van der Waals surface area contributed by atoms with Crippen molar-refractivity contribution in [3.63, 3.8) is 0 Å². The number of carbonyl (C=O) groups is 1. The van der Waals surface area contributed by atoms with Gasteiger partial charge in [-0.1, -0.05) is 32.9 Å². The second-order valence-electron chi connectivity index (χ2n) is 5.80. The first-order valence-corrected chi connectivity index (χ1v) is 6.53. The predicted octanol–water partition coefficient (Wildman–Crippen LogP) is 1.86. The normalized spacial score (nSPS) is 12.9. The van der Waals surface area contributed by atoms with Crippen LogP contribution in [-0.2, 0) is 4.79 Å². The first-order valence-electron chi connectivity index (χ1n) is 6.53. The second kappa shape index (κ2) is 6.57. The molecule has 0 aliphatic heterocycles. The molecule has 1 aromatic rings. The summed E-state index contributed by atoms with van der Waals surface area (Å²) in [5, 5.41) is 2.78. The summed E-state index contributed by atoms with van der Waals surface area (Å²) in [6.45, 7) is 8.74. The lowest BCUT2D eigenvalue weighted by molar-refractivity contribution is -0.124. The molecule has 0 aromatic heterocycles. The smallest absolute Gasteiger partial charge is 0.237 e. The van der Waals surface area contributed by atoms with E-state index in [1.807, 2.05) is 52.0 Å². The highest BCUT2D eigenvalue weighted by atomic mass is 16.5. The molecule has 1 unspecified atom stereocenters. The number of ether oxygens (including phenoxy) is 1. The van der Waals surface area contributed by atoms with Gasteiger partial charge in [-0.25, -0.2) is 0 Å². The fourth-order valence-corrected chi connectivity index (χ4v) is 1.55. The lowest BCUT2D eigenvalue weighted by atomic mass is 9.87. The van der Waals surface area contributed by atoms with Gasteiger partial charge in [0.25, 0.3) is 0 Å². The van der Waals surface area contributed by atoms with Crippen molar-refractivity contribution in [2.24, 2.45) is 11.1 Å². The zero-order valence-electron chi connectivity index (χ0n) is 12.2. The highest BCUT2D eigenvalue weighted by Gasteiger charge is 2.26. The summed E-state index contributed by atoms with van der Waals surface area (Å²) in [6, 6.07) is 7.31. The molecule has 1 aromatic carbocycles. The molecule has 0 fully saturated rings. The van der Waals surface area contributed by atoms with E-state index in [1.54, 1.807) is 0 Å². The van der Waals surface area contributed by atoms with Crippen molar-refractivity contribution in [3.05, 3.63) is 29.8 Å². The number of aryl methyl sites for hydroxylation is 1. The molecule has 0 aliphatic rings. The highest BCUT2D eigenvalue weighted by Crippen LogP contribution is 2.17. The van der Waals surface area contributed by atoms with Gasteiger partial charge >= 0.3 is 0 Å². The summed E-state index contributed by atoms with van der Waals surface area (Å²) in [4.78, 5) is 11.8. The maximum atomic E-state index is 11.8. The van der Waals surface area contributed by atoms with E-state index in [1.165, 1.54) is 0 Å². The molecule has 0 spiro atoms. The number of nitrogens with two attached hydrogens (primary N) is 1. The van der Waals surface area contributed by atoms with E-state index in [9.17, 15) is 4.79 Å². The topological polar surface area (TPSA) is 64.3 Å². The summed E-state index contributed by atoms with van der Waals surface area (Å²) >= 11 is 0. The summed E-state index contributed by atoms with van der Waals surface area (Å²) < 4.78 is 5.55. The summed E-state index contributed by atoms with van der Waals surface area (Å²) in [7, 11) is 0. The number of nitrogens with one attached hydrogen (secondary N) is 1. The highest BCUT2D eigenvalue weighted by molar-refractivity contribution is 5.82. The minimum atomic E-state index is -0.508. The van der Waals surface area contributed by atoms with Crippen LogP contribution in [0.1, 0.15) is 26.3 Å². The van der Waals surface area contributed by atoms with Crippen molar-refractivity contribution in [1.82, 2.24) is 5.32 Å². The molecule has 4 heteroatoms. The van der Waals surface area contributed by atoms with Gasteiger partial charge < -0.3 is 15.8 Å². The van der Waals surface area contributed by atoms with Gasteiger partial charge in [0.2, 0.25) is 5.91 Å². The minimum absolute atomic E-state index is 0.139. The van der Waals surface area contributed by atoms with Crippen molar-refractivity contribution in [2.75, 3.05) is 13.2 Å². The van der Waals surface area contributed by atoms with E-state index in [4.69, 9.17) is 10.5 Å². The number of hydrogen-bond acceptors (Lipinski definition) is 3. The Morgan fingerprint density at radius 3 is 2.68 bits per heavy atom. The Labute approximate surface area is 115 Å². The van der Waals surface area contributed by atoms with Crippen LogP contribution in [0.4, 0.5) is 0 Å². The van der Waals surface area contributed by atoms with Crippen molar-refractivity contribution in [1.29, 1.82) is 0 Å². The molecule has 1 amide bonds. The first-order chi connectivity index (χ1) is 8.80. The number of hydrogen-bond donors (Lipinski definition) is 2. The summed E-state index contributed by atoms with van der Waals surface area (Å²) in [5.41, 5.74) is 6.77. The molecule has 19 heavy (non-hydrogen) atoms. The van der Waals surface area contributed by atoms with Crippen molar-refractivity contribution < 1.29 is 9.53 Å². The number of carbonyl (C=O) groups excluding carboxylic acids is 1. The van der Waals surface area contributed by atoms with Crippen LogP contribution in [0.5, 0.6) is 5.75 Å². The van der Waals surface area contributed by atoms with Crippen LogP contribution in [0.15, 0.2) is 24.3 Å². The quantitative estimate of drug-likeness (QED) is 0.798. The van der Waals surface area contributed by atoms with E-state index in [2.05, 4.69) is 5.32 Å². The van der Waals surface area contributed by atoms with Crippen LogP contribution < -0.4 is 15.8 Å². The standard InChI is InChI=1S/C15H24N2O2/c1-11-6-5-7-12(10-11)19-9-8-17-14(18)13(16)15(2,3)4/h5-7,10,13H,8-9,16H2,1-4H3,(H,17,18). The van der Waals surface area contributed by atoms with Crippen molar-refractivity contribution >= 4 is 5.91 Å². The van der Waals surface area contributed by atoms with Gasteiger partial charge in [-0.05, 0) is 30.0 Å². The number of benzene rings is 1. The monoisotopic (exact) mass is 264 g/mol. The van der Waals surface area contributed by atoms with Gasteiger partial charge in [-0.2, -0.15) is 0 Å². The average Bonchev–Trinajstić information content (AvgIpc) is 2.32. The summed E-state index contributed by atoms with van der Waals surface area (Å²) in [6.07, 6.45) is 0. The van der Waals surface area contributed by atoms with Crippen molar-refractivity contribution in [3.8, 4) is 5.75 Å². The first kappa shape index (κ1) is 15.5. The number of rotatable bonds is 5. The van der Waals surface area contributed by atoms with Gasteiger partial charge in [0.15, 0.2) is 0 Å². The van der Waals surface area contributed by atoms with Crippen molar-refractivity contribution in [2.45, 2.75) is 33.7 Å². The molecule has 1 atom stereocenters. The zero-order valence-corrected chi connectivity index (χ0v) is 12.2. The van der Waals surface area contributed by atoms with Crippen LogP contribution in [0.25, 0.3) is 0 Å². The molecule has 0 saturated carbocycles. The van der Waals surface area contributed by atoms with Crippen LogP contribution in [-0.4, -0.2) is 25.1 Å². The Kier molecular flexibility index (Phi) is 5.36. The average molecular weight is 264 g/mol. The van der Waals surface area contributed by atoms with E-state index < -0.39 is 6.04 Å². The number of amides is 1. The summed E-state index contributed by atoms with van der Waals surface area (Å²) in [5.74, 6) is 0.676. The predicted molar refractivity (Wildman–Crippen MR) is 77.1 cm³/mol. The third kappa shape index (κ3) is 5.30. The Morgan fingerprint density at radius 2 is 2.11 bits per heavy atom. The SMILES string of the molecule is Cc1cccc(OCCNC(=O)C(N)C(C)(C)C)c1. The minimum Gasteiger partial charge on any atom is -0.492 e. The Morgan fingerprint density at radius 1 is 1.42 bits per heavy atom. The fourth-order valence-electron chi connectivity index (χ4n) is 1.55. The van der Waals surface area contributed by atoms with E-state index in [0.29, 0.717) is 13.2 Å². The fraction of sp³-hybridized carbons (Fsp3) is 0.533. The molecule has 0 bridgehead atoms. The lowest BCUT2D eigenvalue weighted by Gasteiger charge is -2.25. The third-order valence-electron chi connectivity index (χ3n) is 2.88. The Hall–Kier alpha value is -1.55. The van der Waals surface area contributed by atoms with Gasteiger partial charge in [-0.15, -0.1) is 0 Å². The molecule has 0 aliphatic carbocycles. The molecule has 3 N–H and O–H groups in total. The maximum Gasteiger partial charge on any atom is 0.237 e. The third-order valence-corrected chi connectivity index (χ3v) is 2.88. The Bertz CT molecular complexity index is 424. The molecule has 1 rings (SSSR count). The van der Waals surface area contributed by atoms with Crippen LogP contribution >= 0.6 is 0 Å². The van der Waals surface area contributed by atoms with Gasteiger partial charge in [-0.3, -0.25) is 4.79 Å². The van der Waals surface area contributed by atoms with Gasteiger partial charge in [0.1, 0.15) is 12.4 Å². The molecular weight excluding hydrogens is 240 g/mol. The second-order valence-corrected chi connectivity index (χ2v) is 5.80. The largest absolute Gasteiger partial charge is 0.492 e. The van der Waals surface area contributed by atoms with Crippen LogP contribution in [0.3, 0.4) is 0 Å². The molecule has 106 valence electrons. The van der Waals surface area contributed by atoms with E-state index >= 15 is 0 Å². The molecule has 4 nitrogen and oxygen atoms in total. The van der Waals surface area contributed by atoms with E-state index in [-0.39, 0.29) is 11.3 Å². The molecule has 0 heterocycles. The molecule has 0 saturated heterocycles. The Balaban J connectivity index is 2.30. The maximum absolute atomic E-state index is 11.8. The van der Waals surface area contributed by atoms with Crippen LogP contribution in [0, 0.1) is 12.3 Å². The van der Waals surface area contributed by atoms with Gasteiger partial charge in [0, 0.05) is 0 Å².